The zero-order valence-electron chi connectivity index (χ0n) is 9.50. The maximum atomic E-state index is 11.6. The third-order valence-corrected chi connectivity index (χ3v) is 2.42. The second kappa shape index (κ2) is 5.27. The highest BCUT2D eigenvalue weighted by atomic mass is 16.5. The Morgan fingerprint density at radius 1 is 1.33 bits per heavy atom. The van der Waals surface area contributed by atoms with Crippen LogP contribution in [0.4, 0.5) is 0 Å². The second-order valence-corrected chi connectivity index (χ2v) is 3.75. The zero-order chi connectivity index (χ0) is 13.0. The molecule has 0 aromatic heterocycles. The molecule has 18 heavy (non-hydrogen) atoms. The van der Waals surface area contributed by atoms with Gasteiger partial charge in [-0.2, -0.15) is 0 Å². The van der Waals surface area contributed by atoms with Crippen molar-refractivity contribution in [3.05, 3.63) is 47.9 Å². The summed E-state index contributed by atoms with van der Waals surface area (Å²) in [5.41, 5.74) is 0.770. The van der Waals surface area contributed by atoms with E-state index in [1.54, 1.807) is 0 Å². The van der Waals surface area contributed by atoms with Gasteiger partial charge in [-0.3, -0.25) is 4.79 Å². The summed E-state index contributed by atoms with van der Waals surface area (Å²) in [5.74, 6) is -1.44. The van der Waals surface area contributed by atoms with Crippen LogP contribution in [0.1, 0.15) is 12.0 Å². The number of nitrogens with zero attached hydrogens (tertiary/aromatic N) is 1. The van der Waals surface area contributed by atoms with Gasteiger partial charge in [-0.15, -0.1) is 0 Å². The number of benzene rings is 1. The van der Waals surface area contributed by atoms with Gasteiger partial charge in [-0.05, 0) is 5.56 Å². The second-order valence-electron chi connectivity index (χ2n) is 3.75. The Balaban J connectivity index is 2.02. The summed E-state index contributed by atoms with van der Waals surface area (Å²) in [6.07, 6.45) is 0.939. The van der Waals surface area contributed by atoms with Gasteiger partial charge in [0.2, 0.25) is 5.78 Å². The van der Waals surface area contributed by atoms with Crippen molar-refractivity contribution in [2.75, 3.05) is 0 Å². The molecule has 0 radical (unpaired) electrons. The molecule has 0 fully saturated rings. The Morgan fingerprint density at radius 3 is 2.67 bits per heavy atom. The van der Waals surface area contributed by atoms with Gasteiger partial charge in [0.15, 0.2) is 5.76 Å². The summed E-state index contributed by atoms with van der Waals surface area (Å²) in [7, 11) is 0. The molecule has 1 heterocycles. The molecule has 0 bridgehead atoms. The molecular formula is C13H11NO4. The third kappa shape index (κ3) is 2.82. The van der Waals surface area contributed by atoms with Crippen LogP contribution >= 0.6 is 0 Å². The van der Waals surface area contributed by atoms with Crippen LogP contribution in [0.3, 0.4) is 0 Å². The number of carbonyl (C=O) groups is 2. The van der Waals surface area contributed by atoms with E-state index in [4.69, 9.17) is 9.84 Å². The third-order valence-electron chi connectivity index (χ3n) is 2.42. The lowest BCUT2D eigenvalue weighted by Crippen LogP contribution is -2.22. The van der Waals surface area contributed by atoms with Crippen LogP contribution < -0.4 is 0 Å². The fourth-order valence-electron chi connectivity index (χ4n) is 1.48. The monoisotopic (exact) mass is 245 g/mol. The van der Waals surface area contributed by atoms with Crippen LogP contribution in [0.5, 0.6) is 0 Å². The summed E-state index contributed by atoms with van der Waals surface area (Å²) in [4.78, 5) is 25.9. The fourth-order valence-corrected chi connectivity index (χ4v) is 1.48. The van der Waals surface area contributed by atoms with E-state index < -0.39 is 5.97 Å². The average Bonchev–Trinajstić information content (AvgIpc) is 2.38. The molecule has 1 aromatic carbocycles. The van der Waals surface area contributed by atoms with Crippen molar-refractivity contribution < 1.29 is 19.4 Å². The maximum absolute atomic E-state index is 11.6. The first kappa shape index (κ1) is 12.0. The number of allylic oxidation sites excluding steroid dienone is 1. The highest BCUT2D eigenvalue weighted by molar-refractivity contribution is 6.40. The van der Waals surface area contributed by atoms with Crippen LogP contribution in [0.25, 0.3) is 0 Å². The Bertz CT molecular complexity index is 531. The number of carboxylic acids is 1. The lowest BCUT2D eigenvalue weighted by atomic mass is 10.1. The van der Waals surface area contributed by atoms with Gasteiger partial charge in [-0.1, -0.05) is 30.3 Å². The molecule has 1 aliphatic heterocycles. The van der Waals surface area contributed by atoms with Crippen LogP contribution in [0, 0.1) is 0 Å². The standard InChI is InChI=1S/C13H11NO4/c15-11-6-10(13(16)17)14-7-12(11)18-8-9-4-2-1-3-5-9/h1-5,7H,6,8H2,(H,16,17). The first-order valence-corrected chi connectivity index (χ1v) is 5.37. The topological polar surface area (TPSA) is 76.0 Å². The summed E-state index contributed by atoms with van der Waals surface area (Å²) >= 11 is 0. The Hall–Kier alpha value is -2.43. The number of carbonyl (C=O) groups excluding carboxylic acids is 1. The van der Waals surface area contributed by atoms with E-state index in [0.29, 0.717) is 0 Å². The molecule has 2 rings (SSSR count). The van der Waals surface area contributed by atoms with E-state index >= 15 is 0 Å². The number of hydrogen-bond donors (Lipinski definition) is 1. The van der Waals surface area contributed by atoms with E-state index in [2.05, 4.69) is 4.99 Å². The van der Waals surface area contributed by atoms with Crippen LogP contribution in [-0.4, -0.2) is 22.6 Å². The Kier molecular flexibility index (Phi) is 3.52. The fraction of sp³-hybridized carbons (Fsp3) is 0.154. The van der Waals surface area contributed by atoms with Crippen molar-refractivity contribution in [3.8, 4) is 0 Å². The molecule has 0 saturated carbocycles. The van der Waals surface area contributed by atoms with Gasteiger partial charge in [0, 0.05) is 0 Å². The Morgan fingerprint density at radius 2 is 2.06 bits per heavy atom. The van der Waals surface area contributed by atoms with Crippen LogP contribution in [0.2, 0.25) is 0 Å². The molecule has 1 aliphatic rings. The van der Waals surface area contributed by atoms with Crippen molar-refractivity contribution in [2.24, 2.45) is 4.99 Å². The first-order chi connectivity index (χ1) is 8.66. The van der Waals surface area contributed by atoms with Crippen molar-refractivity contribution in [2.45, 2.75) is 13.0 Å². The smallest absolute Gasteiger partial charge is 0.350 e. The Labute approximate surface area is 103 Å². The van der Waals surface area contributed by atoms with Gasteiger partial charge in [0.25, 0.3) is 0 Å². The van der Waals surface area contributed by atoms with E-state index in [0.717, 1.165) is 11.8 Å². The molecule has 5 nitrogen and oxygen atoms in total. The minimum absolute atomic E-state index is 0.101. The quantitative estimate of drug-likeness (QED) is 0.873. The molecule has 5 heteroatoms. The average molecular weight is 245 g/mol. The number of rotatable bonds is 4. The molecule has 0 aliphatic carbocycles. The number of Topliss-reactive ketones (excluding diaryl/α,β-unsaturated/α-hetero) is 1. The van der Waals surface area contributed by atoms with Crippen molar-refractivity contribution >= 4 is 17.5 Å². The molecule has 0 unspecified atom stereocenters. The van der Waals surface area contributed by atoms with Gasteiger partial charge >= 0.3 is 5.97 Å². The minimum atomic E-state index is -1.18. The molecular weight excluding hydrogens is 234 g/mol. The van der Waals surface area contributed by atoms with Crippen molar-refractivity contribution in [1.82, 2.24) is 0 Å². The van der Waals surface area contributed by atoms with Gasteiger partial charge < -0.3 is 9.84 Å². The summed E-state index contributed by atoms with van der Waals surface area (Å²) in [6.45, 7) is 0.260. The number of ether oxygens (including phenoxy) is 1. The number of carboxylic acid groups (broad SMARTS) is 1. The molecule has 0 spiro atoms. The van der Waals surface area contributed by atoms with Crippen molar-refractivity contribution in [1.29, 1.82) is 0 Å². The molecule has 92 valence electrons. The van der Waals surface area contributed by atoms with Gasteiger partial charge in [0.1, 0.15) is 12.3 Å². The molecule has 1 aromatic rings. The lowest BCUT2D eigenvalue weighted by molar-refractivity contribution is -0.130. The van der Waals surface area contributed by atoms with Crippen molar-refractivity contribution in [3.63, 3.8) is 0 Å². The minimum Gasteiger partial charge on any atom is -0.484 e. The first-order valence-electron chi connectivity index (χ1n) is 5.37. The van der Waals surface area contributed by atoms with E-state index in [1.165, 1.54) is 0 Å². The summed E-state index contributed by atoms with van der Waals surface area (Å²) < 4.78 is 5.32. The van der Waals surface area contributed by atoms with E-state index in [1.807, 2.05) is 30.3 Å². The van der Waals surface area contributed by atoms with Crippen LogP contribution in [-0.2, 0) is 20.9 Å². The zero-order valence-corrected chi connectivity index (χ0v) is 9.50. The van der Waals surface area contributed by atoms with E-state index in [-0.39, 0.29) is 30.3 Å². The SMILES string of the molecule is O=C(O)C1=NC=C(OCc2ccccc2)C(=O)C1. The van der Waals surface area contributed by atoms with Crippen LogP contribution in [0.15, 0.2) is 47.3 Å². The number of ketones is 1. The normalized spacial score (nSPS) is 14.8. The number of hydrogen-bond acceptors (Lipinski definition) is 4. The van der Waals surface area contributed by atoms with E-state index in [9.17, 15) is 9.59 Å². The van der Waals surface area contributed by atoms with Gasteiger partial charge in [0.05, 0.1) is 12.6 Å². The predicted octanol–water partition coefficient (Wildman–Crippen LogP) is 1.54. The highest BCUT2D eigenvalue weighted by Crippen LogP contribution is 2.13. The molecule has 0 atom stereocenters. The highest BCUT2D eigenvalue weighted by Gasteiger charge is 2.22. The number of aliphatic imine (C=N–C) groups is 1. The van der Waals surface area contributed by atoms with Gasteiger partial charge in [-0.25, -0.2) is 9.79 Å². The maximum Gasteiger partial charge on any atom is 0.350 e. The lowest BCUT2D eigenvalue weighted by Gasteiger charge is -2.12. The molecule has 0 saturated heterocycles. The molecule has 1 N–H and O–H groups in total. The largest absolute Gasteiger partial charge is 0.484 e. The predicted molar refractivity (Wildman–Crippen MR) is 64.0 cm³/mol. The molecule has 0 amide bonds. The summed E-state index contributed by atoms with van der Waals surface area (Å²) in [6, 6.07) is 9.38. The summed E-state index contributed by atoms with van der Waals surface area (Å²) in [5, 5.41) is 8.70. The number of aliphatic carboxylic acids is 1.